The van der Waals surface area contributed by atoms with Gasteiger partial charge in [0.1, 0.15) is 0 Å². The van der Waals surface area contributed by atoms with Gasteiger partial charge in [0.25, 0.3) is 0 Å². The van der Waals surface area contributed by atoms with Gasteiger partial charge in [-0.25, -0.2) is 0 Å². The van der Waals surface area contributed by atoms with Crippen LogP contribution in [0.25, 0.3) is 5.52 Å². The van der Waals surface area contributed by atoms with Crippen molar-refractivity contribution in [2.45, 2.75) is 39.7 Å². The number of pyridine rings is 1. The van der Waals surface area contributed by atoms with Gasteiger partial charge in [-0.05, 0) is 36.6 Å². The summed E-state index contributed by atoms with van der Waals surface area (Å²) < 4.78 is 2.14. The van der Waals surface area contributed by atoms with E-state index in [-0.39, 0.29) is 6.04 Å². The summed E-state index contributed by atoms with van der Waals surface area (Å²) >= 11 is 0. The van der Waals surface area contributed by atoms with Gasteiger partial charge in [-0.2, -0.15) is 0 Å². The summed E-state index contributed by atoms with van der Waals surface area (Å²) in [6.45, 7) is 6.13. The zero-order valence-corrected chi connectivity index (χ0v) is 10.5. The van der Waals surface area contributed by atoms with Gasteiger partial charge in [0, 0.05) is 24.0 Å². The minimum atomic E-state index is 0.285. The molecule has 2 nitrogen and oxygen atoms in total. The van der Waals surface area contributed by atoms with Crippen LogP contribution in [-0.2, 0) is 6.42 Å². The lowest BCUT2D eigenvalue weighted by Gasteiger charge is -2.05. The van der Waals surface area contributed by atoms with Crippen molar-refractivity contribution in [3.63, 3.8) is 0 Å². The molecule has 0 spiro atoms. The van der Waals surface area contributed by atoms with Crippen molar-refractivity contribution >= 4 is 5.52 Å². The largest absolute Gasteiger partial charge is 0.327 e. The molecule has 1 atom stereocenters. The molecule has 0 saturated heterocycles. The first-order valence-corrected chi connectivity index (χ1v) is 6.11. The van der Waals surface area contributed by atoms with Gasteiger partial charge in [0.05, 0.1) is 0 Å². The summed E-state index contributed by atoms with van der Waals surface area (Å²) in [4.78, 5) is 0. The molecular formula is C14H22N2. The van der Waals surface area contributed by atoms with Crippen molar-refractivity contribution in [3.8, 4) is 0 Å². The van der Waals surface area contributed by atoms with Crippen LogP contribution in [0.1, 0.15) is 32.8 Å². The molecule has 2 heteroatoms. The highest BCUT2D eigenvalue weighted by atomic mass is 14.8. The van der Waals surface area contributed by atoms with E-state index >= 15 is 0 Å². The Morgan fingerprint density at radius 1 is 1.31 bits per heavy atom. The fraction of sp³-hybridized carbons (Fsp3) is 0.429. The minimum absolute atomic E-state index is 0.285. The molecule has 1 unspecified atom stereocenters. The van der Waals surface area contributed by atoms with Crippen molar-refractivity contribution in [1.82, 2.24) is 4.40 Å². The molecule has 2 N–H and O–H groups in total. The van der Waals surface area contributed by atoms with Crippen molar-refractivity contribution in [2.24, 2.45) is 5.73 Å². The van der Waals surface area contributed by atoms with Gasteiger partial charge < -0.3 is 10.1 Å². The third-order valence-electron chi connectivity index (χ3n) is 2.58. The van der Waals surface area contributed by atoms with Crippen LogP contribution < -0.4 is 5.73 Å². The fourth-order valence-electron chi connectivity index (χ4n) is 1.67. The van der Waals surface area contributed by atoms with Gasteiger partial charge in [0.2, 0.25) is 0 Å². The Hall–Kier alpha value is -1.28. The number of hydrogen-bond donors (Lipinski definition) is 1. The number of fused-ring (bicyclic) bond motifs is 1. The van der Waals surface area contributed by atoms with Gasteiger partial charge in [-0.3, -0.25) is 0 Å². The third-order valence-corrected chi connectivity index (χ3v) is 2.58. The van der Waals surface area contributed by atoms with Crippen molar-refractivity contribution in [2.75, 3.05) is 0 Å². The van der Waals surface area contributed by atoms with E-state index in [1.807, 2.05) is 19.9 Å². The van der Waals surface area contributed by atoms with E-state index in [1.54, 1.807) is 0 Å². The van der Waals surface area contributed by atoms with Crippen LogP contribution in [0.5, 0.6) is 0 Å². The third kappa shape index (κ3) is 3.11. The van der Waals surface area contributed by atoms with Crippen molar-refractivity contribution < 1.29 is 0 Å². The zero-order valence-electron chi connectivity index (χ0n) is 10.5. The van der Waals surface area contributed by atoms with E-state index in [9.17, 15) is 0 Å². The number of nitrogens with zero attached hydrogens (tertiary/aromatic N) is 1. The molecule has 2 rings (SSSR count). The maximum absolute atomic E-state index is 5.92. The Labute approximate surface area is 98.1 Å². The van der Waals surface area contributed by atoms with E-state index in [1.165, 1.54) is 11.1 Å². The minimum Gasteiger partial charge on any atom is -0.327 e. The molecule has 2 aromatic rings. The van der Waals surface area contributed by atoms with Gasteiger partial charge in [-0.1, -0.05) is 26.8 Å². The smallest absolute Gasteiger partial charge is 0.0452 e. The van der Waals surface area contributed by atoms with E-state index in [4.69, 9.17) is 5.73 Å². The van der Waals surface area contributed by atoms with Crippen LogP contribution in [0.15, 0.2) is 36.7 Å². The number of nitrogens with two attached hydrogens (primary N) is 1. The summed E-state index contributed by atoms with van der Waals surface area (Å²) in [5.74, 6) is 0. The summed E-state index contributed by atoms with van der Waals surface area (Å²) in [7, 11) is 0. The maximum atomic E-state index is 5.92. The molecule has 0 amide bonds. The van der Waals surface area contributed by atoms with Crippen LogP contribution in [0, 0.1) is 0 Å². The SMILES string of the molecule is CC.CCC(N)Cc1cc2ccccn2c1. The average Bonchev–Trinajstić information content (AvgIpc) is 2.73. The molecule has 0 aliphatic carbocycles. The highest BCUT2D eigenvalue weighted by Crippen LogP contribution is 2.11. The lowest BCUT2D eigenvalue weighted by molar-refractivity contribution is 0.646. The van der Waals surface area contributed by atoms with Crippen molar-refractivity contribution in [3.05, 3.63) is 42.2 Å². The first-order valence-electron chi connectivity index (χ1n) is 6.11. The van der Waals surface area contributed by atoms with Gasteiger partial charge in [0.15, 0.2) is 0 Å². The second kappa shape index (κ2) is 6.33. The Morgan fingerprint density at radius 3 is 2.69 bits per heavy atom. The molecule has 0 saturated carbocycles. The number of rotatable bonds is 3. The molecule has 2 heterocycles. The molecule has 0 aliphatic heterocycles. The predicted octanol–water partition coefficient (Wildman–Crippen LogP) is 3.25. The second-order valence-electron chi connectivity index (χ2n) is 3.75. The Kier molecular flexibility index (Phi) is 5.06. The van der Waals surface area contributed by atoms with Crippen molar-refractivity contribution in [1.29, 1.82) is 0 Å². The Bertz CT molecular complexity index is 384. The lowest BCUT2D eigenvalue weighted by atomic mass is 10.1. The Balaban J connectivity index is 0.000000606. The predicted molar refractivity (Wildman–Crippen MR) is 70.7 cm³/mol. The first-order chi connectivity index (χ1) is 7.79. The normalized spacial score (nSPS) is 12.0. The monoisotopic (exact) mass is 218 g/mol. The molecule has 88 valence electrons. The zero-order chi connectivity index (χ0) is 12.0. The maximum Gasteiger partial charge on any atom is 0.0452 e. The summed E-state index contributed by atoms with van der Waals surface area (Å²) in [6, 6.07) is 8.69. The topological polar surface area (TPSA) is 30.4 Å². The average molecular weight is 218 g/mol. The summed E-state index contributed by atoms with van der Waals surface area (Å²) in [5, 5.41) is 0. The number of hydrogen-bond acceptors (Lipinski definition) is 1. The fourth-order valence-corrected chi connectivity index (χ4v) is 1.67. The van der Waals surface area contributed by atoms with E-state index in [0.717, 1.165) is 12.8 Å². The van der Waals surface area contributed by atoms with E-state index in [2.05, 4.69) is 41.9 Å². The number of aromatic nitrogens is 1. The van der Waals surface area contributed by atoms with E-state index < -0.39 is 0 Å². The molecule has 0 radical (unpaired) electrons. The molecular weight excluding hydrogens is 196 g/mol. The van der Waals surface area contributed by atoms with Gasteiger partial charge >= 0.3 is 0 Å². The molecule has 0 aromatic carbocycles. The quantitative estimate of drug-likeness (QED) is 0.842. The van der Waals surface area contributed by atoms with Crippen LogP contribution in [0.2, 0.25) is 0 Å². The van der Waals surface area contributed by atoms with Crippen LogP contribution in [0.3, 0.4) is 0 Å². The Morgan fingerprint density at radius 2 is 2.06 bits per heavy atom. The molecule has 16 heavy (non-hydrogen) atoms. The first kappa shape index (κ1) is 12.8. The van der Waals surface area contributed by atoms with Crippen LogP contribution >= 0.6 is 0 Å². The molecule has 0 fully saturated rings. The van der Waals surface area contributed by atoms with Crippen LogP contribution in [-0.4, -0.2) is 10.4 Å². The highest BCUT2D eigenvalue weighted by molar-refractivity contribution is 5.50. The summed E-state index contributed by atoms with van der Waals surface area (Å²) in [6.07, 6.45) is 6.23. The standard InChI is InChI=1S/C12H16N2.C2H6/c1-2-11(13)7-10-8-12-5-3-4-6-14(12)9-10;1-2/h3-6,8-9,11H,2,7,13H2,1H3;1-2H3. The van der Waals surface area contributed by atoms with Crippen LogP contribution in [0.4, 0.5) is 0 Å². The molecule has 0 aliphatic rings. The van der Waals surface area contributed by atoms with E-state index in [0.29, 0.717) is 0 Å². The van der Waals surface area contributed by atoms with Gasteiger partial charge in [-0.15, -0.1) is 0 Å². The molecule has 0 bridgehead atoms. The highest BCUT2D eigenvalue weighted by Gasteiger charge is 2.03. The lowest BCUT2D eigenvalue weighted by Crippen LogP contribution is -2.20. The molecule has 2 aromatic heterocycles. The summed E-state index contributed by atoms with van der Waals surface area (Å²) in [5.41, 5.74) is 8.48. The second-order valence-corrected chi connectivity index (χ2v) is 3.75.